The number of phenolic OH excluding ortho intramolecular Hbond substituents is 1. The molecule has 0 aromatic heterocycles. The topological polar surface area (TPSA) is 50.7 Å². The second kappa shape index (κ2) is 7.33. The lowest BCUT2D eigenvalue weighted by atomic mass is 10.2. The van der Waals surface area contributed by atoms with Crippen LogP contribution in [0.15, 0.2) is 21.1 Å². The zero-order chi connectivity index (χ0) is 12.8. The highest BCUT2D eigenvalue weighted by atomic mass is 79.9. The molecule has 6 heteroatoms. The number of methoxy groups -OCH3 is 2. The normalized spacial score (nSPS) is 11.1. The number of aromatic hydroxyl groups is 1. The molecule has 0 spiro atoms. The second-order valence-corrected chi connectivity index (χ2v) is 5.15. The van der Waals surface area contributed by atoms with Crippen molar-refractivity contribution in [3.63, 3.8) is 0 Å². The van der Waals surface area contributed by atoms with E-state index in [1.165, 1.54) is 0 Å². The van der Waals surface area contributed by atoms with E-state index in [9.17, 15) is 5.11 Å². The predicted octanol–water partition coefficient (Wildman–Crippen LogP) is 2.63. The molecule has 1 rings (SSSR count). The molecule has 0 aliphatic rings. The number of phenols is 1. The highest BCUT2D eigenvalue weighted by Crippen LogP contribution is 2.33. The van der Waals surface area contributed by atoms with E-state index in [0.29, 0.717) is 22.0 Å². The van der Waals surface area contributed by atoms with E-state index < -0.39 is 0 Å². The lowest BCUT2D eigenvalue weighted by Crippen LogP contribution is -2.29. The van der Waals surface area contributed by atoms with E-state index >= 15 is 0 Å². The molecular weight excluding hydrogens is 354 g/mol. The summed E-state index contributed by atoms with van der Waals surface area (Å²) in [7, 11) is 3.20. The van der Waals surface area contributed by atoms with Gasteiger partial charge >= 0.3 is 0 Å². The molecule has 0 saturated carbocycles. The SMILES string of the molecule is COC(CNCc1cc(Br)c(O)c(Br)c1)OC. The zero-order valence-corrected chi connectivity index (χ0v) is 12.8. The smallest absolute Gasteiger partial charge is 0.169 e. The minimum absolute atomic E-state index is 0.209. The molecule has 4 nitrogen and oxygen atoms in total. The monoisotopic (exact) mass is 367 g/mol. The number of ether oxygens (including phenoxy) is 2. The third kappa shape index (κ3) is 4.56. The summed E-state index contributed by atoms with van der Waals surface area (Å²) in [6.07, 6.45) is -0.251. The zero-order valence-electron chi connectivity index (χ0n) is 9.67. The van der Waals surface area contributed by atoms with Crippen molar-refractivity contribution in [3.8, 4) is 5.75 Å². The molecule has 17 heavy (non-hydrogen) atoms. The number of hydrogen-bond donors (Lipinski definition) is 2. The van der Waals surface area contributed by atoms with Crippen molar-refractivity contribution in [2.75, 3.05) is 20.8 Å². The Kier molecular flexibility index (Phi) is 6.43. The lowest BCUT2D eigenvalue weighted by molar-refractivity contribution is -0.0989. The van der Waals surface area contributed by atoms with Gasteiger partial charge in [-0.25, -0.2) is 0 Å². The van der Waals surface area contributed by atoms with Crippen molar-refractivity contribution >= 4 is 31.9 Å². The van der Waals surface area contributed by atoms with Crippen LogP contribution in [0.5, 0.6) is 5.75 Å². The van der Waals surface area contributed by atoms with Gasteiger partial charge in [-0.05, 0) is 49.6 Å². The average molecular weight is 369 g/mol. The number of nitrogens with one attached hydrogen (secondary N) is 1. The van der Waals surface area contributed by atoms with Gasteiger partial charge < -0.3 is 19.9 Å². The summed E-state index contributed by atoms with van der Waals surface area (Å²) < 4.78 is 11.5. The van der Waals surface area contributed by atoms with Crippen molar-refractivity contribution in [1.82, 2.24) is 5.32 Å². The third-order valence-electron chi connectivity index (χ3n) is 2.24. The molecule has 2 N–H and O–H groups in total. The molecule has 0 fully saturated rings. The van der Waals surface area contributed by atoms with Gasteiger partial charge in [0.1, 0.15) is 5.75 Å². The molecule has 0 heterocycles. The quantitative estimate of drug-likeness (QED) is 0.758. The maximum atomic E-state index is 9.57. The summed E-state index contributed by atoms with van der Waals surface area (Å²) >= 11 is 6.58. The first kappa shape index (κ1) is 14.9. The van der Waals surface area contributed by atoms with Crippen LogP contribution in [-0.2, 0) is 16.0 Å². The highest BCUT2D eigenvalue weighted by molar-refractivity contribution is 9.11. The third-order valence-corrected chi connectivity index (χ3v) is 3.45. The van der Waals surface area contributed by atoms with Gasteiger partial charge in [0.2, 0.25) is 0 Å². The van der Waals surface area contributed by atoms with Gasteiger partial charge in [0.25, 0.3) is 0 Å². The van der Waals surface area contributed by atoms with Crippen molar-refractivity contribution in [2.45, 2.75) is 12.8 Å². The molecule has 0 amide bonds. The van der Waals surface area contributed by atoms with Gasteiger partial charge in [-0.15, -0.1) is 0 Å². The largest absolute Gasteiger partial charge is 0.506 e. The van der Waals surface area contributed by atoms with Crippen LogP contribution in [0.2, 0.25) is 0 Å². The van der Waals surface area contributed by atoms with E-state index in [2.05, 4.69) is 37.2 Å². The first-order chi connectivity index (χ1) is 8.08. The average Bonchev–Trinajstić information content (AvgIpc) is 2.31. The molecule has 0 aliphatic heterocycles. The standard InChI is InChI=1S/C11H15Br2NO3/c1-16-10(17-2)6-14-5-7-3-8(12)11(15)9(13)4-7/h3-4,10,14-15H,5-6H2,1-2H3. The van der Waals surface area contributed by atoms with Crippen LogP contribution in [0.25, 0.3) is 0 Å². The summed E-state index contributed by atoms with van der Waals surface area (Å²) in [5.41, 5.74) is 1.05. The van der Waals surface area contributed by atoms with E-state index in [-0.39, 0.29) is 12.0 Å². The molecule has 1 aromatic rings. The Balaban J connectivity index is 2.52. The Labute approximate surface area is 118 Å². The lowest BCUT2D eigenvalue weighted by Gasteiger charge is -2.14. The van der Waals surface area contributed by atoms with Gasteiger partial charge in [-0.2, -0.15) is 0 Å². The van der Waals surface area contributed by atoms with Crippen molar-refractivity contribution in [1.29, 1.82) is 0 Å². The van der Waals surface area contributed by atoms with Crippen LogP contribution in [-0.4, -0.2) is 32.2 Å². The van der Waals surface area contributed by atoms with Crippen molar-refractivity contribution in [3.05, 3.63) is 26.6 Å². The van der Waals surface area contributed by atoms with Gasteiger partial charge in [0.15, 0.2) is 6.29 Å². The first-order valence-corrected chi connectivity index (χ1v) is 6.60. The van der Waals surface area contributed by atoms with Crippen LogP contribution < -0.4 is 5.32 Å². The summed E-state index contributed by atoms with van der Waals surface area (Å²) in [6.45, 7) is 1.27. The molecule has 0 saturated heterocycles. The van der Waals surface area contributed by atoms with Crippen LogP contribution in [0, 0.1) is 0 Å². The van der Waals surface area contributed by atoms with Crippen molar-refractivity contribution < 1.29 is 14.6 Å². The minimum atomic E-state index is -0.251. The second-order valence-electron chi connectivity index (χ2n) is 3.44. The Morgan fingerprint density at radius 2 is 1.76 bits per heavy atom. The van der Waals surface area contributed by atoms with Crippen LogP contribution in [0.3, 0.4) is 0 Å². The Hall–Kier alpha value is -0.140. The highest BCUT2D eigenvalue weighted by Gasteiger charge is 2.07. The van der Waals surface area contributed by atoms with E-state index in [0.717, 1.165) is 5.56 Å². The summed E-state index contributed by atoms with van der Waals surface area (Å²) in [4.78, 5) is 0. The van der Waals surface area contributed by atoms with Crippen molar-refractivity contribution in [2.24, 2.45) is 0 Å². The van der Waals surface area contributed by atoms with Gasteiger partial charge in [-0.1, -0.05) is 0 Å². The van der Waals surface area contributed by atoms with Crippen LogP contribution in [0.1, 0.15) is 5.56 Å². The summed E-state index contributed by atoms with van der Waals surface area (Å²) in [5, 5.41) is 12.8. The summed E-state index contributed by atoms with van der Waals surface area (Å²) in [5.74, 6) is 0.209. The van der Waals surface area contributed by atoms with Gasteiger partial charge in [0.05, 0.1) is 8.95 Å². The number of benzene rings is 1. The Morgan fingerprint density at radius 1 is 1.24 bits per heavy atom. The molecule has 0 aliphatic carbocycles. The van der Waals surface area contributed by atoms with Crippen LogP contribution >= 0.6 is 31.9 Å². The maximum absolute atomic E-state index is 9.57. The molecule has 96 valence electrons. The fourth-order valence-corrected chi connectivity index (χ4v) is 2.60. The molecular formula is C11H15Br2NO3. The number of halogens is 2. The van der Waals surface area contributed by atoms with E-state index in [4.69, 9.17) is 9.47 Å². The molecule has 0 bridgehead atoms. The number of rotatable bonds is 6. The van der Waals surface area contributed by atoms with E-state index in [1.807, 2.05) is 12.1 Å². The predicted molar refractivity (Wildman–Crippen MR) is 73.0 cm³/mol. The molecule has 1 aromatic carbocycles. The Bertz CT molecular complexity index is 347. The van der Waals surface area contributed by atoms with Crippen LogP contribution in [0.4, 0.5) is 0 Å². The van der Waals surface area contributed by atoms with E-state index in [1.54, 1.807) is 14.2 Å². The summed E-state index contributed by atoms with van der Waals surface area (Å²) in [6, 6.07) is 3.73. The fraction of sp³-hybridized carbons (Fsp3) is 0.455. The van der Waals surface area contributed by atoms with Gasteiger partial charge in [0, 0.05) is 27.3 Å². The molecule has 0 radical (unpaired) electrons. The minimum Gasteiger partial charge on any atom is -0.506 e. The molecule has 0 atom stereocenters. The number of hydrogen-bond acceptors (Lipinski definition) is 4. The molecule has 0 unspecified atom stereocenters. The maximum Gasteiger partial charge on any atom is 0.169 e. The van der Waals surface area contributed by atoms with Gasteiger partial charge in [-0.3, -0.25) is 0 Å². The Morgan fingerprint density at radius 3 is 2.24 bits per heavy atom. The first-order valence-electron chi connectivity index (χ1n) is 5.01. The fourth-order valence-electron chi connectivity index (χ4n) is 1.32.